The van der Waals surface area contributed by atoms with Gasteiger partial charge in [0, 0.05) is 12.1 Å². The molecule has 1 aliphatic rings. The minimum atomic E-state index is -3.75. The summed E-state index contributed by atoms with van der Waals surface area (Å²) in [6.45, 7) is 3.40. The first-order chi connectivity index (χ1) is 11.7. The third-order valence-electron chi connectivity index (χ3n) is 3.64. The fourth-order valence-electron chi connectivity index (χ4n) is 2.29. The lowest BCUT2D eigenvalue weighted by Gasteiger charge is -2.31. The Bertz CT molecular complexity index is 925. The minimum Gasteiger partial charge on any atom is -0.472 e. The third-order valence-corrected chi connectivity index (χ3v) is 4.19. The van der Waals surface area contributed by atoms with Crippen LogP contribution < -0.4 is 19.9 Å². The molecule has 3 rings (SSSR count). The number of rotatable bonds is 4. The van der Waals surface area contributed by atoms with E-state index in [4.69, 9.17) is 9.88 Å². The first-order valence-corrected chi connectivity index (χ1v) is 8.92. The Labute approximate surface area is 144 Å². The minimum absolute atomic E-state index is 0.0839. The maximum absolute atomic E-state index is 12.0. The molecule has 1 aliphatic heterocycles. The highest BCUT2D eigenvalue weighted by molar-refractivity contribution is 7.87. The van der Waals surface area contributed by atoms with E-state index in [1.165, 1.54) is 6.33 Å². The number of carbonyl (C=O) groups excluding carboxylic acids is 1. The maximum atomic E-state index is 12.0. The van der Waals surface area contributed by atoms with Crippen LogP contribution in [-0.4, -0.2) is 29.9 Å². The smallest absolute Gasteiger partial charge is 0.274 e. The molecule has 10 heteroatoms. The number of benzene rings is 1. The van der Waals surface area contributed by atoms with Gasteiger partial charge < -0.3 is 10.1 Å². The zero-order valence-electron chi connectivity index (χ0n) is 13.6. The predicted octanol–water partition coefficient (Wildman–Crippen LogP) is 0.546. The van der Waals surface area contributed by atoms with Gasteiger partial charge in [0.1, 0.15) is 12.0 Å². The Kier molecular flexibility index (Phi) is 4.19. The van der Waals surface area contributed by atoms with Crippen LogP contribution in [0.2, 0.25) is 0 Å². The van der Waals surface area contributed by atoms with Gasteiger partial charge in [-0.05, 0) is 19.4 Å². The van der Waals surface area contributed by atoms with Gasteiger partial charge in [-0.1, -0.05) is 24.3 Å². The van der Waals surface area contributed by atoms with Crippen molar-refractivity contribution >= 4 is 21.9 Å². The van der Waals surface area contributed by atoms with Gasteiger partial charge in [-0.2, -0.15) is 13.1 Å². The lowest BCUT2D eigenvalue weighted by atomic mass is 10.0. The van der Waals surface area contributed by atoms with Crippen LogP contribution in [0.3, 0.4) is 0 Å². The van der Waals surface area contributed by atoms with E-state index in [2.05, 4.69) is 20.0 Å². The zero-order valence-corrected chi connectivity index (χ0v) is 14.4. The van der Waals surface area contributed by atoms with Crippen LogP contribution in [-0.2, 0) is 21.5 Å². The second-order valence-electron chi connectivity index (χ2n) is 6.03. The summed E-state index contributed by atoms with van der Waals surface area (Å²) in [5.41, 5.74) is 0.968. The number of nitrogens with zero attached hydrogens (tertiary/aromatic N) is 2. The standard InChI is InChI=1S/C15H17N5O4S/c1-15(2)14(21)20-13-12(24-15)11(17-8-18-13)10-5-3-9(4-6-10)7-19-25(16,22)23/h3-6,8,19H,7H2,1-2H3,(H2,16,22,23)(H,17,18,20,21). The van der Waals surface area contributed by atoms with Gasteiger partial charge in [-0.15, -0.1) is 0 Å². The Hall–Kier alpha value is -2.56. The fraction of sp³-hybridized carbons (Fsp3) is 0.267. The first-order valence-electron chi connectivity index (χ1n) is 7.38. The van der Waals surface area contributed by atoms with Crippen LogP contribution in [0.1, 0.15) is 19.4 Å². The largest absolute Gasteiger partial charge is 0.472 e. The quantitative estimate of drug-likeness (QED) is 0.725. The van der Waals surface area contributed by atoms with Gasteiger partial charge in [0.2, 0.25) is 0 Å². The molecule has 0 saturated heterocycles. The van der Waals surface area contributed by atoms with Gasteiger partial charge in [0.05, 0.1) is 0 Å². The lowest BCUT2D eigenvalue weighted by molar-refractivity contribution is -0.129. The highest BCUT2D eigenvalue weighted by atomic mass is 32.2. The lowest BCUT2D eigenvalue weighted by Crippen LogP contribution is -2.46. The Morgan fingerprint density at radius 3 is 2.56 bits per heavy atom. The maximum Gasteiger partial charge on any atom is 0.274 e. The average Bonchev–Trinajstić information content (AvgIpc) is 2.53. The van der Waals surface area contributed by atoms with Crippen molar-refractivity contribution in [3.05, 3.63) is 36.2 Å². The number of aromatic nitrogens is 2. The predicted molar refractivity (Wildman–Crippen MR) is 90.8 cm³/mol. The van der Waals surface area contributed by atoms with Gasteiger partial charge >= 0.3 is 0 Å². The molecule has 4 N–H and O–H groups in total. The molecule has 2 aromatic rings. The Balaban J connectivity index is 1.91. The molecule has 0 bridgehead atoms. The summed E-state index contributed by atoms with van der Waals surface area (Å²) in [5, 5.41) is 7.61. The molecule has 25 heavy (non-hydrogen) atoms. The molecule has 0 unspecified atom stereocenters. The summed E-state index contributed by atoms with van der Waals surface area (Å²) in [6.07, 6.45) is 1.34. The summed E-state index contributed by atoms with van der Waals surface area (Å²) in [7, 11) is -3.75. The summed E-state index contributed by atoms with van der Waals surface area (Å²) in [5.74, 6) is 0.422. The number of amides is 1. The van der Waals surface area contributed by atoms with Crippen molar-refractivity contribution in [2.75, 3.05) is 5.32 Å². The SMILES string of the molecule is CC1(C)Oc2c(ncnc2-c2ccc(CNS(N)(=O)=O)cc2)NC1=O. The molecular formula is C15H17N5O4S. The van der Waals surface area contributed by atoms with E-state index in [0.29, 0.717) is 17.3 Å². The summed E-state index contributed by atoms with van der Waals surface area (Å²) in [4.78, 5) is 20.2. The Morgan fingerprint density at radius 1 is 1.24 bits per heavy atom. The van der Waals surface area contributed by atoms with E-state index in [0.717, 1.165) is 11.1 Å². The molecule has 0 saturated carbocycles. The molecule has 2 heterocycles. The van der Waals surface area contributed by atoms with Crippen LogP contribution in [0.15, 0.2) is 30.6 Å². The van der Waals surface area contributed by atoms with E-state index >= 15 is 0 Å². The van der Waals surface area contributed by atoms with Crippen LogP contribution in [0.25, 0.3) is 11.3 Å². The first kappa shape index (κ1) is 17.3. The third kappa shape index (κ3) is 3.76. The number of nitrogens with one attached hydrogen (secondary N) is 2. The summed E-state index contributed by atoms with van der Waals surface area (Å²) in [6, 6.07) is 7.04. The molecular weight excluding hydrogens is 346 g/mol. The van der Waals surface area contributed by atoms with Crippen LogP contribution >= 0.6 is 0 Å². The van der Waals surface area contributed by atoms with Crippen molar-refractivity contribution in [2.45, 2.75) is 26.0 Å². The number of ether oxygens (including phenoxy) is 1. The van der Waals surface area contributed by atoms with E-state index in [-0.39, 0.29) is 12.5 Å². The van der Waals surface area contributed by atoms with Crippen molar-refractivity contribution in [1.29, 1.82) is 0 Å². The van der Waals surface area contributed by atoms with E-state index < -0.39 is 15.8 Å². The average molecular weight is 363 g/mol. The monoisotopic (exact) mass is 363 g/mol. The molecule has 0 radical (unpaired) electrons. The molecule has 0 fully saturated rings. The second-order valence-corrected chi connectivity index (χ2v) is 7.41. The number of nitrogens with two attached hydrogens (primary N) is 1. The van der Waals surface area contributed by atoms with Crippen molar-refractivity contribution in [3.63, 3.8) is 0 Å². The molecule has 132 valence electrons. The number of hydrogen-bond acceptors (Lipinski definition) is 6. The van der Waals surface area contributed by atoms with Crippen LogP contribution in [0, 0.1) is 0 Å². The molecule has 1 aromatic carbocycles. The number of fused-ring (bicyclic) bond motifs is 1. The summed E-state index contributed by atoms with van der Waals surface area (Å²) >= 11 is 0. The van der Waals surface area contributed by atoms with Crippen LogP contribution in [0.4, 0.5) is 5.82 Å². The molecule has 0 spiro atoms. The number of carbonyl (C=O) groups is 1. The van der Waals surface area contributed by atoms with Crippen molar-refractivity contribution in [1.82, 2.24) is 14.7 Å². The van der Waals surface area contributed by atoms with Crippen LogP contribution in [0.5, 0.6) is 5.75 Å². The van der Waals surface area contributed by atoms with Crippen molar-refractivity contribution in [3.8, 4) is 17.0 Å². The van der Waals surface area contributed by atoms with E-state index in [1.807, 2.05) is 0 Å². The topological polar surface area (TPSA) is 136 Å². The van der Waals surface area contributed by atoms with E-state index in [1.54, 1.807) is 38.1 Å². The van der Waals surface area contributed by atoms with Crippen molar-refractivity contribution in [2.24, 2.45) is 5.14 Å². The Morgan fingerprint density at radius 2 is 1.92 bits per heavy atom. The highest BCUT2D eigenvalue weighted by Crippen LogP contribution is 2.38. The zero-order chi connectivity index (χ0) is 18.2. The molecule has 0 atom stereocenters. The van der Waals surface area contributed by atoms with Gasteiger partial charge in [-0.3, -0.25) is 4.79 Å². The van der Waals surface area contributed by atoms with Gasteiger partial charge in [-0.25, -0.2) is 15.1 Å². The van der Waals surface area contributed by atoms with Gasteiger partial charge in [0.15, 0.2) is 17.2 Å². The normalized spacial score (nSPS) is 15.9. The molecule has 9 nitrogen and oxygen atoms in total. The summed E-state index contributed by atoms with van der Waals surface area (Å²) < 4.78 is 29.9. The number of hydrogen-bond donors (Lipinski definition) is 3. The molecule has 1 aromatic heterocycles. The molecule has 0 aliphatic carbocycles. The number of anilines is 1. The van der Waals surface area contributed by atoms with Crippen molar-refractivity contribution < 1.29 is 17.9 Å². The highest BCUT2D eigenvalue weighted by Gasteiger charge is 2.37. The molecule has 1 amide bonds. The van der Waals surface area contributed by atoms with E-state index in [9.17, 15) is 13.2 Å². The van der Waals surface area contributed by atoms with Gasteiger partial charge in [0.25, 0.3) is 16.1 Å². The second kappa shape index (κ2) is 6.06. The fourth-order valence-corrected chi connectivity index (χ4v) is 2.66.